The standard InChI is InChI=1S/C25H29F7O4/c1-13(33)35-19-7-6-17-16-5-4-14-12-15(8-10-21(14,2)18(16)9-11-22(17,19)3)36-20(34)23(26,27)24(28,29)25(30,31)32/h8,12,16-19H,4-7,9-11H2,1-3H3/t16-,17-,18-,19-,21-,22-/m0/s1. The Hall–Kier alpha value is -2.07. The van der Waals surface area contributed by atoms with Crippen molar-refractivity contribution in [3.8, 4) is 0 Å². The summed E-state index contributed by atoms with van der Waals surface area (Å²) >= 11 is 0. The Kier molecular flexibility index (Phi) is 6.35. The van der Waals surface area contributed by atoms with Crippen molar-refractivity contribution < 1.29 is 49.8 Å². The van der Waals surface area contributed by atoms with Crippen molar-refractivity contribution in [2.45, 2.75) is 89.8 Å². The lowest BCUT2D eigenvalue weighted by Gasteiger charge is -2.57. The van der Waals surface area contributed by atoms with E-state index in [1.165, 1.54) is 19.1 Å². The summed E-state index contributed by atoms with van der Waals surface area (Å²) in [5, 5.41) is 0. The fraction of sp³-hybridized carbons (Fsp3) is 0.760. The highest BCUT2D eigenvalue weighted by Crippen LogP contribution is 2.65. The summed E-state index contributed by atoms with van der Waals surface area (Å²) in [6.45, 7) is 5.59. The molecule has 3 saturated carbocycles. The van der Waals surface area contributed by atoms with Crippen molar-refractivity contribution >= 4 is 11.9 Å². The van der Waals surface area contributed by atoms with E-state index >= 15 is 0 Å². The maximum Gasteiger partial charge on any atom is 0.460 e. The number of halogens is 7. The molecule has 0 amide bonds. The van der Waals surface area contributed by atoms with E-state index in [4.69, 9.17) is 4.74 Å². The monoisotopic (exact) mass is 526 g/mol. The molecule has 0 spiro atoms. The van der Waals surface area contributed by atoms with Crippen LogP contribution < -0.4 is 0 Å². The number of carbonyl (C=O) groups is 2. The first-order valence-electron chi connectivity index (χ1n) is 12.1. The minimum Gasteiger partial charge on any atom is -0.462 e. The summed E-state index contributed by atoms with van der Waals surface area (Å²) in [7, 11) is 0. The Bertz CT molecular complexity index is 1000. The lowest BCUT2D eigenvalue weighted by atomic mass is 9.48. The van der Waals surface area contributed by atoms with Crippen molar-refractivity contribution in [3.05, 3.63) is 23.5 Å². The van der Waals surface area contributed by atoms with Gasteiger partial charge in [-0.1, -0.05) is 19.4 Å². The van der Waals surface area contributed by atoms with Crippen LogP contribution in [0.4, 0.5) is 30.7 Å². The summed E-state index contributed by atoms with van der Waals surface area (Å²) in [6.07, 6.45) is 0.878. The molecule has 0 aromatic carbocycles. The normalized spacial score (nSPS) is 36.6. The number of hydrogen-bond donors (Lipinski definition) is 0. The Labute approximate surface area is 204 Å². The van der Waals surface area contributed by atoms with Crippen LogP contribution in [0.1, 0.15) is 65.7 Å². The molecule has 0 N–H and O–H groups in total. The molecule has 11 heteroatoms. The molecule has 6 atom stereocenters. The van der Waals surface area contributed by atoms with E-state index < -0.39 is 35.2 Å². The van der Waals surface area contributed by atoms with Gasteiger partial charge in [-0.25, -0.2) is 4.79 Å². The molecule has 0 saturated heterocycles. The van der Waals surface area contributed by atoms with Gasteiger partial charge in [0.25, 0.3) is 0 Å². The molecule has 0 heterocycles. The number of hydrogen-bond acceptors (Lipinski definition) is 4. The van der Waals surface area contributed by atoms with Gasteiger partial charge in [0.2, 0.25) is 0 Å². The molecule has 4 rings (SSSR count). The number of esters is 2. The van der Waals surface area contributed by atoms with E-state index in [9.17, 15) is 40.3 Å². The van der Waals surface area contributed by atoms with Crippen molar-refractivity contribution in [2.24, 2.45) is 28.6 Å². The number of carbonyl (C=O) groups excluding carboxylic acids is 2. The first-order chi connectivity index (χ1) is 16.4. The summed E-state index contributed by atoms with van der Waals surface area (Å²) in [6, 6.07) is 0. The van der Waals surface area contributed by atoms with Gasteiger partial charge in [0.1, 0.15) is 11.9 Å². The van der Waals surface area contributed by atoms with E-state index in [0.717, 1.165) is 37.7 Å². The molecule has 0 aromatic rings. The molecule has 36 heavy (non-hydrogen) atoms. The molecule has 0 aromatic heterocycles. The molecule has 4 nitrogen and oxygen atoms in total. The van der Waals surface area contributed by atoms with Crippen LogP contribution in [0.2, 0.25) is 0 Å². The number of allylic oxidation sites excluding steroid dienone is 3. The molecule has 0 bridgehead atoms. The quantitative estimate of drug-likeness (QED) is 0.300. The topological polar surface area (TPSA) is 52.6 Å². The van der Waals surface area contributed by atoms with Gasteiger partial charge >= 0.3 is 30.0 Å². The first kappa shape index (κ1) is 27.0. The highest BCUT2D eigenvalue weighted by molar-refractivity contribution is 5.80. The smallest absolute Gasteiger partial charge is 0.460 e. The molecule has 0 radical (unpaired) electrons. The number of fused-ring (bicyclic) bond motifs is 5. The van der Waals surface area contributed by atoms with Crippen molar-refractivity contribution in [3.63, 3.8) is 0 Å². The number of rotatable bonds is 4. The van der Waals surface area contributed by atoms with Crippen LogP contribution in [0.3, 0.4) is 0 Å². The van der Waals surface area contributed by atoms with Gasteiger partial charge in [-0.15, -0.1) is 0 Å². The van der Waals surface area contributed by atoms with Crippen molar-refractivity contribution in [1.29, 1.82) is 0 Å². The van der Waals surface area contributed by atoms with Crippen molar-refractivity contribution in [1.82, 2.24) is 0 Å². The third-order valence-corrected chi connectivity index (χ3v) is 9.22. The second-order valence-electron chi connectivity index (χ2n) is 11.1. The summed E-state index contributed by atoms with van der Waals surface area (Å²) in [5.74, 6) is -15.4. The molecule has 202 valence electrons. The lowest BCUT2D eigenvalue weighted by Crippen LogP contribution is -2.56. The van der Waals surface area contributed by atoms with Gasteiger partial charge in [-0.3, -0.25) is 4.79 Å². The van der Waals surface area contributed by atoms with Crippen LogP contribution in [0, 0.1) is 28.6 Å². The van der Waals surface area contributed by atoms with E-state index in [-0.39, 0.29) is 29.8 Å². The van der Waals surface area contributed by atoms with E-state index in [1.54, 1.807) is 0 Å². The Morgan fingerprint density at radius 2 is 1.64 bits per heavy atom. The van der Waals surface area contributed by atoms with E-state index in [0.29, 0.717) is 18.3 Å². The Morgan fingerprint density at radius 3 is 2.25 bits per heavy atom. The second kappa shape index (κ2) is 8.48. The molecule has 0 aliphatic heterocycles. The fourth-order valence-electron chi connectivity index (χ4n) is 7.28. The molecule has 0 unspecified atom stereocenters. The first-order valence-corrected chi connectivity index (χ1v) is 12.1. The van der Waals surface area contributed by atoms with Crippen LogP contribution in [0.25, 0.3) is 0 Å². The van der Waals surface area contributed by atoms with Crippen LogP contribution in [0.15, 0.2) is 23.5 Å². The zero-order valence-corrected chi connectivity index (χ0v) is 20.2. The van der Waals surface area contributed by atoms with Gasteiger partial charge in [-0.05, 0) is 80.3 Å². The molecular weight excluding hydrogens is 497 g/mol. The molecule has 3 fully saturated rings. The van der Waals surface area contributed by atoms with Crippen LogP contribution in [-0.4, -0.2) is 36.1 Å². The van der Waals surface area contributed by atoms with Crippen LogP contribution in [0.5, 0.6) is 0 Å². The Morgan fingerprint density at radius 1 is 0.972 bits per heavy atom. The maximum atomic E-state index is 13.7. The number of alkyl halides is 7. The van der Waals surface area contributed by atoms with Gasteiger partial charge in [0.15, 0.2) is 0 Å². The summed E-state index contributed by atoms with van der Waals surface area (Å²) in [4.78, 5) is 23.3. The lowest BCUT2D eigenvalue weighted by molar-refractivity contribution is -0.347. The zero-order valence-electron chi connectivity index (χ0n) is 20.2. The van der Waals surface area contributed by atoms with E-state index in [2.05, 4.69) is 11.7 Å². The van der Waals surface area contributed by atoms with Gasteiger partial charge in [-0.2, -0.15) is 30.7 Å². The predicted molar refractivity (Wildman–Crippen MR) is 113 cm³/mol. The molecule has 4 aliphatic carbocycles. The summed E-state index contributed by atoms with van der Waals surface area (Å²) in [5.41, 5.74) is 0.279. The second-order valence-corrected chi connectivity index (χ2v) is 11.1. The maximum absolute atomic E-state index is 13.7. The predicted octanol–water partition coefficient (Wildman–Crippen LogP) is 6.75. The minimum atomic E-state index is -6.62. The van der Waals surface area contributed by atoms with Crippen LogP contribution in [-0.2, 0) is 19.1 Å². The van der Waals surface area contributed by atoms with Gasteiger partial charge in [0.05, 0.1) is 0 Å². The third kappa shape index (κ3) is 3.95. The highest BCUT2D eigenvalue weighted by atomic mass is 19.4. The Balaban J connectivity index is 1.50. The minimum absolute atomic E-state index is 0.134. The molecular formula is C25H29F7O4. The highest BCUT2D eigenvalue weighted by Gasteiger charge is 2.77. The van der Waals surface area contributed by atoms with E-state index in [1.807, 2.05) is 6.92 Å². The third-order valence-electron chi connectivity index (χ3n) is 9.22. The fourth-order valence-corrected chi connectivity index (χ4v) is 7.28. The van der Waals surface area contributed by atoms with Gasteiger partial charge in [0, 0.05) is 12.3 Å². The summed E-state index contributed by atoms with van der Waals surface area (Å²) < 4.78 is 101. The average Bonchev–Trinajstić information content (AvgIpc) is 3.08. The molecule has 4 aliphatic rings. The number of ether oxygens (including phenoxy) is 2. The van der Waals surface area contributed by atoms with Crippen LogP contribution >= 0.6 is 0 Å². The van der Waals surface area contributed by atoms with Gasteiger partial charge < -0.3 is 9.47 Å². The average molecular weight is 526 g/mol. The van der Waals surface area contributed by atoms with Crippen molar-refractivity contribution in [2.75, 3.05) is 0 Å². The zero-order chi connectivity index (χ0) is 26.9. The SMILES string of the molecule is CC(=O)O[C@H]1CC[C@H]2[C@@H]3CCC4=CC(OC(=O)C(F)(F)C(F)(F)C(F)(F)F)=CC[C@]4(C)[C@H]3CC[C@]12C. The largest absolute Gasteiger partial charge is 0.462 e.